The van der Waals surface area contributed by atoms with Crippen molar-refractivity contribution < 1.29 is 9.59 Å². The highest BCUT2D eigenvalue weighted by Gasteiger charge is 2.54. The second kappa shape index (κ2) is 7.60. The SMILES string of the molecule is Cc1ccc(Nc2nc(N)nc(CN3C(=O)N[C@@]4(CCCc5ccccc54)C3=O)n2)cc1. The first-order valence-corrected chi connectivity index (χ1v) is 10.5. The highest BCUT2D eigenvalue weighted by molar-refractivity contribution is 6.07. The number of nitrogens with zero attached hydrogens (tertiary/aromatic N) is 4. The standard InChI is InChI=1S/C23H23N7O2/c1-14-8-10-16(11-9-14)25-21-27-18(26-20(24)28-21)13-30-19(31)23(29-22(30)32)12-4-6-15-5-2-3-7-17(15)23/h2-3,5,7-11H,4,6,12-13H2,1H3,(H,29,32)(H3,24,25,26,27,28)/t23-/m1/s1. The molecule has 1 atom stereocenters. The number of fused-ring (bicyclic) bond motifs is 2. The number of hydrogen-bond acceptors (Lipinski definition) is 7. The zero-order chi connectivity index (χ0) is 22.3. The van der Waals surface area contributed by atoms with Crippen LogP contribution in [0.25, 0.3) is 0 Å². The first kappa shape index (κ1) is 19.9. The van der Waals surface area contributed by atoms with Crippen molar-refractivity contribution in [3.63, 3.8) is 0 Å². The van der Waals surface area contributed by atoms with Gasteiger partial charge in [0.2, 0.25) is 11.9 Å². The number of nitrogens with one attached hydrogen (secondary N) is 2. The molecule has 0 saturated carbocycles. The lowest BCUT2D eigenvalue weighted by Gasteiger charge is -2.33. The topological polar surface area (TPSA) is 126 Å². The van der Waals surface area contributed by atoms with Gasteiger partial charge in [-0.15, -0.1) is 0 Å². The highest BCUT2D eigenvalue weighted by Crippen LogP contribution is 2.40. The van der Waals surface area contributed by atoms with Crippen LogP contribution < -0.4 is 16.4 Å². The van der Waals surface area contributed by atoms with Crippen molar-refractivity contribution in [2.24, 2.45) is 0 Å². The van der Waals surface area contributed by atoms with Crippen LogP contribution in [-0.2, 0) is 23.3 Å². The Morgan fingerprint density at radius 2 is 1.88 bits per heavy atom. The number of aryl methyl sites for hydroxylation is 2. The van der Waals surface area contributed by atoms with Gasteiger partial charge in [-0.1, -0.05) is 42.0 Å². The summed E-state index contributed by atoms with van der Waals surface area (Å²) in [6.07, 6.45) is 2.27. The van der Waals surface area contributed by atoms with E-state index in [4.69, 9.17) is 5.73 Å². The van der Waals surface area contributed by atoms with Gasteiger partial charge in [-0.3, -0.25) is 9.69 Å². The van der Waals surface area contributed by atoms with Gasteiger partial charge in [0.05, 0.1) is 6.54 Å². The molecule has 162 valence electrons. The number of nitrogen functional groups attached to an aromatic ring is 1. The molecule has 3 aromatic rings. The Balaban J connectivity index is 1.41. The molecule has 32 heavy (non-hydrogen) atoms. The van der Waals surface area contributed by atoms with Crippen molar-refractivity contribution in [1.29, 1.82) is 0 Å². The second-order valence-electron chi connectivity index (χ2n) is 8.16. The smallest absolute Gasteiger partial charge is 0.325 e. The predicted molar refractivity (Wildman–Crippen MR) is 119 cm³/mol. The Morgan fingerprint density at radius 3 is 2.69 bits per heavy atom. The average molecular weight is 429 g/mol. The summed E-state index contributed by atoms with van der Waals surface area (Å²) in [6, 6.07) is 15.0. The fourth-order valence-corrected chi connectivity index (χ4v) is 4.43. The maximum Gasteiger partial charge on any atom is 0.325 e. The summed E-state index contributed by atoms with van der Waals surface area (Å²) in [5.74, 6) is 0.203. The lowest BCUT2D eigenvalue weighted by Crippen LogP contribution is -2.46. The van der Waals surface area contributed by atoms with Gasteiger partial charge in [-0.25, -0.2) is 4.79 Å². The van der Waals surface area contributed by atoms with E-state index >= 15 is 0 Å². The maximum atomic E-state index is 13.5. The van der Waals surface area contributed by atoms with E-state index in [-0.39, 0.29) is 30.2 Å². The molecule has 0 unspecified atom stereocenters. The number of carbonyl (C=O) groups excluding carboxylic acids is 2. The number of aromatic nitrogens is 3. The van der Waals surface area contributed by atoms with Gasteiger partial charge >= 0.3 is 6.03 Å². The normalized spacial score (nSPS) is 19.7. The molecule has 0 bridgehead atoms. The van der Waals surface area contributed by atoms with E-state index in [0.29, 0.717) is 6.42 Å². The van der Waals surface area contributed by atoms with Crippen LogP contribution in [0.5, 0.6) is 0 Å². The summed E-state index contributed by atoms with van der Waals surface area (Å²) >= 11 is 0. The zero-order valence-electron chi connectivity index (χ0n) is 17.6. The van der Waals surface area contributed by atoms with Crippen LogP contribution in [0.4, 0.5) is 22.4 Å². The Hall–Kier alpha value is -4.01. The first-order chi connectivity index (χ1) is 15.4. The van der Waals surface area contributed by atoms with E-state index in [1.165, 1.54) is 0 Å². The zero-order valence-corrected chi connectivity index (χ0v) is 17.6. The third-order valence-corrected chi connectivity index (χ3v) is 5.96. The van der Waals surface area contributed by atoms with Gasteiger partial charge in [0, 0.05) is 5.69 Å². The summed E-state index contributed by atoms with van der Waals surface area (Å²) < 4.78 is 0. The molecule has 1 aromatic heterocycles. The molecule has 1 saturated heterocycles. The molecule has 9 nitrogen and oxygen atoms in total. The number of carbonyl (C=O) groups is 2. The average Bonchev–Trinajstić information content (AvgIpc) is 3.00. The molecular weight excluding hydrogens is 406 g/mol. The molecule has 1 spiro atoms. The van der Waals surface area contributed by atoms with Crippen molar-refractivity contribution in [3.8, 4) is 0 Å². The van der Waals surface area contributed by atoms with Crippen LogP contribution >= 0.6 is 0 Å². The molecule has 9 heteroatoms. The number of benzene rings is 2. The minimum absolute atomic E-state index is 0.00870. The molecule has 5 rings (SSSR count). The monoisotopic (exact) mass is 429 g/mol. The number of nitrogens with two attached hydrogens (primary N) is 1. The fraction of sp³-hybridized carbons (Fsp3) is 0.261. The third-order valence-electron chi connectivity index (χ3n) is 5.96. The third kappa shape index (κ3) is 3.41. The van der Waals surface area contributed by atoms with E-state index in [2.05, 4.69) is 25.6 Å². The van der Waals surface area contributed by atoms with Crippen LogP contribution in [0.15, 0.2) is 48.5 Å². The number of urea groups is 1. The molecular formula is C23H23N7O2. The van der Waals surface area contributed by atoms with Gasteiger partial charge < -0.3 is 16.4 Å². The molecule has 2 aliphatic rings. The van der Waals surface area contributed by atoms with E-state index < -0.39 is 11.6 Å². The highest BCUT2D eigenvalue weighted by atomic mass is 16.2. The summed E-state index contributed by atoms with van der Waals surface area (Å²) in [4.78, 5) is 40.1. The minimum Gasteiger partial charge on any atom is -0.368 e. The molecule has 1 aliphatic heterocycles. The van der Waals surface area contributed by atoms with Gasteiger partial charge in [-0.05, 0) is 49.4 Å². The Labute approximate surface area is 185 Å². The summed E-state index contributed by atoms with van der Waals surface area (Å²) in [7, 11) is 0. The van der Waals surface area contributed by atoms with Crippen molar-refractivity contribution in [2.45, 2.75) is 38.3 Å². The number of amides is 3. The van der Waals surface area contributed by atoms with E-state index in [9.17, 15) is 9.59 Å². The van der Waals surface area contributed by atoms with E-state index in [1.807, 2.05) is 55.5 Å². The molecule has 2 heterocycles. The molecule has 2 aromatic carbocycles. The van der Waals surface area contributed by atoms with E-state index in [0.717, 1.165) is 40.1 Å². The van der Waals surface area contributed by atoms with E-state index in [1.54, 1.807) is 0 Å². The Bertz CT molecular complexity index is 1210. The lowest BCUT2D eigenvalue weighted by atomic mass is 9.76. The molecule has 1 aliphatic carbocycles. The quantitative estimate of drug-likeness (QED) is 0.544. The van der Waals surface area contributed by atoms with Gasteiger partial charge in [-0.2, -0.15) is 15.0 Å². The Morgan fingerprint density at radius 1 is 1.09 bits per heavy atom. The van der Waals surface area contributed by atoms with Crippen LogP contribution in [0.2, 0.25) is 0 Å². The lowest BCUT2D eigenvalue weighted by molar-refractivity contribution is -0.132. The fourth-order valence-electron chi connectivity index (χ4n) is 4.43. The molecule has 1 fully saturated rings. The van der Waals surface area contributed by atoms with Crippen LogP contribution in [-0.4, -0.2) is 31.8 Å². The maximum absolute atomic E-state index is 13.5. The summed E-state index contributed by atoms with van der Waals surface area (Å²) in [5, 5.41) is 6.02. The largest absolute Gasteiger partial charge is 0.368 e. The number of rotatable bonds is 4. The predicted octanol–water partition coefficient (Wildman–Crippen LogP) is 2.79. The summed E-state index contributed by atoms with van der Waals surface area (Å²) in [5.41, 5.74) is 8.71. The second-order valence-corrected chi connectivity index (χ2v) is 8.16. The van der Waals surface area contributed by atoms with Gasteiger partial charge in [0.25, 0.3) is 5.91 Å². The minimum atomic E-state index is -1.03. The van der Waals surface area contributed by atoms with Crippen molar-refractivity contribution >= 4 is 29.5 Å². The number of hydrogen-bond donors (Lipinski definition) is 3. The molecule has 4 N–H and O–H groups in total. The van der Waals surface area contributed by atoms with Gasteiger partial charge in [0.1, 0.15) is 5.54 Å². The Kier molecular flexibility index (Phi) is 4.73. The van der Waals surface area contributed by atoms with Crippen LogP contribution in [0.1, 0.15) is 35.4 Å². The first-order valence-electron chi connectivity index (χ1n) is 10.5. The molecule has 0 radical (unpaired) electrons. The van der Waals surface area contributed by atoms with Crippen LogP contribution in [0, 0.1) is 6.92 Å². The van der Waals surface area contributed by atoms with Crippen molar-refractivity contribution in [1.82, 2.24) is 25.2 Å². The number of anilines is 3. The molecule has 3 amide bonds. The van der Waals surface area contributed by atoms with Crippen molar-refractivity contribution in [2.75, 3.05) is 11.1 Å². The van der Waals surface area contributed by atoms with Crippen LogP contribution in [0.3, 0.4) is 0 Å². The number of imide groups is 1. The van der Waals surface area contributed by atoms with Crippen molar-refractivity contribution in [3.05, 3.63) is 71.0 Å². The summed E-state index contributed by atoms with van der Waals surface area (Å²) in [6.45, 7) is 1.91. The van der Waals surface area contributed by atoms with Gasteiger partial charge in [0.15, 0.2) is 5.82 Å².